The minimum absolute atomic E-state index is 0.00978. The van der Waals surface area contributed by atoms with Crippen LogP contribution in [0.3, 0.4) is 0 Å². The molecule has 22 heavy (non-hydrogen) atoms. The van der Waals surface area contributed by atoms with E-state index in [1.54, 1.807) is 0 Å². The highest BCUT2D eigenvalue weighted by Gasteiger charge is 2.17. The van der Waals surface area contributed by atoms with E-state index in [2.05, 4.69) is 5.32 Å². The molecule has 0 bridgehead atoms. The summed E-state index contributed by atoms with van der Waals surface area (Å²) in [6.07, 6.45) is 0. The summed E-state index contributed by atoms with van der Waals surface area (Å²) >= 11 is 0. The first-order valence-electron chi connectivity index (χ1n) is 6.75. The van der Waals surface area contributed by atoms with Gasteiger partial charge in [-0.25, -0.2) is 0 Å². The lowest BCUT2D eigenvalue weighted by atomic mass is 10.0. The Bertz CT molecular complexity index is 831. The number of hydrogen-bond acceptors (Lipinski definition) is 5. The first-order valence-corrected chi connectivity index (χ1v) is 6.75. The summed E-state index contributed by atoms with van der Waals surface area (Å²) in [5, 5.41) is 43.1. The average molecular weight is 297 g/mol. The molecule has 5 N–H and O–H groups in total. The number of fused-ring (bicyclic) bond motifs is 1. The molecule has 112 valence electrons. The van der Waals surface area contributed by atoms with Gasteiger partial charge in [0.2, 0.25) is 0 Å². The van der Waals surface area contributed by atoms with Crippen molar-refractivity contribution in [3.63, 3.8) is 0 Å². The maximum atomic E-state index is 10.3. The molecule has 0 saturated carbocycles. The van der Waals surface area contributed by atoms with E-state index in [0.29, 0.717) is 6.54 Å². The van der Waals surface area contributed by atoms with E-state index < -0.39 is 0 Å². The van der Waals surface area contributed by atoms with Gasteiger partial charge in [-0.3, -0.25) is 0 Å². The van der Waals surface area contributed by atoms with Crippen molar-refractivity contribution in [1.29, 1.82) is 0 Å². The van der Waals surface area contributed by atoms with Crippen LogP contribution in [0.4, 0.5) is 5.69 Å². The number of phenols is 4. The van der Waals surface area contributed by atoms with Crippen molar-refractivity contribution in [2.75, 3.05) is 5.32 Å². The molecule has 0 radical (unpaired) electrons. The Morgan fingerprint density at radius 1 is 0.727 bits per heavy atom. The van der Waals surface area contributed by atoms with Crippen molar-refractivity contribution in [2.45, 2.75) is 6.54 Å². The summed E-state index contributed by atoms with van der Waals surface area (Å²) in [6.45, 7) is 0.443. The summed E-state index contributed by atoms with van der Waals surface area (Å²) < 4.78 is 0. The van der Waals surface area contributed by atoms with Crippen LogP contribution in [-0.4, -0.2) is 20.4 Å². The summed E-state index contributed by atoms with van der Waals surface area (Å²) in [5.41, 5.74) is 1.27. The lowest BCUT2D eigenvalue weighted by Gasteiger charge is -2.14. The van der Waals surface area contributed by atoms with Crippen LogP contribution in [0.25, 0.3) is 10.8 Å². The van der Waals surface area contributed by atoms with Crippen LogP contribution in [0.2, 0.25) is 0 Å². The molecule has 0 unspecified atom stereocenters. The van der Waals surface area contributed by atoms with Crippen LogP contribution in [0.1, 0.15) is 5.56 Å². The van der Waals surface area contributed by atoms with Crippen molar-refractivity contribution in [3.8, 4) is 23.0 Å². The smallest absolute Gasteiger partial charge is 0.150 e. The normalized spacial score (nSPS) is 10.7. The predicted molar refractivity (Wildman–Crippen MR) is 84.4 cm³/mol. The molecular formula is C17H15NO4. The van der Waals surface area contributed by atoms with E-state index in [4.69, 9.17) is 0 Å². The lowest BCUT2D eigenvalue weighted by Crippen LogP contribution is -1.99. The Labute approximate surface area is 126 Å². The number of nitrogens with one attached hydrogen (secondary N) is 1. The van der Waals surface area contributed by atoms with Crippen molar-refractivity contribution >= 4 is 16.5 Å². The zero-order valence-corrected chi connectivity index (χ0v) is 11.6. The van der Waals surface area contributed by atoms with Crippen molar-refractivity contribution in [3.05, 3.63) is 54.1 Å². The standard InChI is InChI=1S/C17H15NO4/c19-12-6-7-13(20)16-15(12)14(21)8-11(17(16)22)18-9-10-4-2-1-3-5-10/h1-8,18-22H,9H2. The highest BCUT2D eigenvalue weighted by molar-refractivity contribution is 6.04. The number of anilines is 1. The van der Waals surface area contributed by atoms with Crippen LogP contribution in [0, 0.1) is 0 Å². The van der Waals surface area contributed by atoms with E-state index in [9.17, 15) is 20.4 Å². The molecule has 5 nitrogen and oxygen atoms in total. The van der Waals surface area contributed by atoms with Crippen LogP contribution < -0.4 is 5.32 Å². The SMILES string of the molecule is Oc1ccc(O)c2c(O)c(NCc3ccccc3)cc(O)c12. The van der Waals surface area contributed by atoms with Gasteiger partial charge in [0, 0.05) is 12.6 Å². The molecule has 0 spiro atoms. The van der Waals surface area contributed by atoms with Gasteiger partial charge in [-0.2, -0.15) is 0 Å². The molecule has 0 heterocycles. The number of rotatable bonds is 3. The third-order valence-electron chi connectivity index (χ3n) is 3.52. The third-order valence-corrected chi connectivity index (χ3v) is 3.52. The van der Waals surface area contributed by atoms with Gasteiger partial charge in [-0.05, 0) is 17.7 Å². The number of aromatic hydroxyl groups is 4. The second-order valence-electron chi connectivity index (χ2n) is 4.98. The van der Waals surface area contributed by atoms with E-state index in [1.165, 1.54) is 18.2 Å². The molecular weight excluding hydrogens is 282 g/mol. The predicted octanol–water partition coefficient (Wildman–Crippen LogP) is 3.27. The lowest BCUT2D eigenvalue weighted by molar-refractivity contribution is 0.448. The average Bonchev–Trinajstić information content (AvgIpc) is 2.52. The Morgan fingerprint density at radius 3 is 2.05 bits per heavy atom. The number of hydrogen-bond donors (Lipinski definition) is 5. The van der Waals surface area contributed by atoms with Gasteiger partial charge in [0.15, 0.2) is 5.75 Å². The molecule has 0 atom stereocenters. The highest BCUT2D eigenvalue weighted by atomic mass is 16.3. The number of benzene rings is 3. The molecule has 3 rings (SSSR count). The molecule has 0 aliphatic carbocycles. The quantitative estimate of drug-likeness (QED) is 0.378. The van der Waals surface area contributed by atoms with Gasteiger partial charge in [-0.15, -0.1) is 0 Å². The maximum Gasteiger partial charge on any atom is 0.150 e. The zero-order valence-electron chi connectivity index (χ0n) is 11.6. The van der Waals surface area contributed by atoms with Gasteiger partial charge in [0.25, 0.3) is 0 Å². The molecule has 3 aromatic carbocycles. The Morgan fingerprint density at radius 2 is 1.36 bits per heavy atom. The second kappa shape index (κ2) is 5.37. The summed E-state index contributed by atoms with van der Waals surface area (Å²) in [7, 11) is 0. The van der Waals surface area contributed by atoms with E-state index in [0.717, 1.165) is 5.56 Å². The highest BCUT2D eigenvalue weighted by Crippen LogP contribution is 2.46. The van der Waals surface area contributed by atoms with Gasteiger partial charge < -0.3 is 25.7 Å². The topological polar surface area (TPSA) is 93.0 Å². The summed E-state index contributed by atoms with van der Waals surface area (Å²) in [4.78, 5) is 0. The molecule has 3 aromatic rings. The monoisotopic (exact) mass is 297 g/mol. The van der Waals surface area contributed by atoms with Gasteiger partial charge in [0.05, 0.1) is 16.5 Å². The minimum atomic E-state index is -0.225. The number of phenolic OH excluding ortho intramolecular Hbond substituents is 4. The van der Waals surface area contributed by atoms with E-state index in [1.807, 2.05) is 30.3 Å². The summed E-state index contributed by atoms with van der Waals surface area (Å²) in [5.74, 6) is -0.881. The van der Waals surface area contributed by atoms with Crippen LogP contribution in [0.5, 0.6) is 23.0 Å². The largest absolute Gasteiger partial charge is 0.507 e. The van der Waals surface area contributed by atoms with E-state index in [-0.39, 0.29) is 39.5 Å². The third kappa shape index (κ3) is 2.33. The fourth-order valence-corrected chi connectivity index (χ4v) is 2.42. The van der Waals surface area contributed by atoms with Gasteiger partial charge in [-0.1, -0.05) is 30.3 Å². The van der Waals surface area contributed by atoms with Crippen LogP contribution in [0.15, 0.2) is 48.5 Å². The molecule has 5 heteroatoms. The molecule has 0 amide bonds. The van der Waals surface area contributed by atoms with Gasteiger partial charge in [0.1, 0.15) is 17.2 Å². The fraction of sp³-hybridized carbons (Fsp3) is 0.0588. The second-order valence-corrected chi connectivity index (χ2v) is 4.98. The van der Waals surface area contributed by atoms with Gasteiger partial charge >= 0.3 is 0 Å². The van der Waals surface area contributed by atoms with Crippen LogP contribution >= 0.6 is 0 Å². The molecule has 0 fully saturated rings. The Hall–Kier alpha value is -3.08. The van der Waals surface area contributed by atoms with Crippen molar-refractivity contribution < 1.29 is 20.4 Å². The first kappa shape index (κ1) is 13.9. The molecule has 0 saturated heterocycles. The fourth-order valence-electron chi connectivity index (χ4n) is 2.42. The van der Waals surface area contributed by atoms with Crippen LogP contribution in [-0.2, 0) is 6.54 Å². The molecule has 0 aliphatic heterocycles. The Balaban J connectivity index is 2.04. The van der Waals surface area contributed by atoms with E-state index >= 15 is 0 Å². The maximum absolute atomic E-state index is 10.3. The minimum Gasteiger partial charge on any atom is -0.507 e. The zero-order chi connectivity index (χ0) is 15.7. The van der Waals surface area contributed by atoms with Crippen molar-refractivity contribution in [2.24, 2.45) is 0 Å². The van der Waals surface area contributed by atoms with Crippen molar-refractivity contribution in [1.82, 2.24) is 0 Å². The first-order chi connectivity index (χ1) is 10.6. The summed E-state index contributed by atoms with van der Waals surface area (Å²) in [6, 6.07) is 13.4. The molecule has 0 aliphatic rings. The molecule has 0 aromatic heterocycles. The Kier molecular flexibility index (Phi) is 3.39.